The molecule has 0 heterocycles. The van der Waals surface area contributed by atoms with E-state index in [4.69, 9.17) is 0 Å². The fourth-order valence-electron chi connectivity index (χ4n) is 1.36. The summed E-state index contributed by atoms with van der Waals surface area (Å²) in [5, 5.41) is 0. The third kappa shape index (κ3) is 6.69. The molecule has 1 aromatic rings. The smallest absolute Gasteiger partial charge is 0.299 e. The zero-order chi connectivity index (χ0) is 13.6. The first-order valence-electron chi connectivity index (χ1n) is 5.65. The third-order valence-electron chi connectivity index (χ3n) is 2.34. The van der Waals surface area contributed by atoms with Gasteiger partial charge in [0.15, 0.2) is 0 Å². The summed E-state index contributed by atoms with van der Waals surface area (Å²) >= 11 is 1.36. The summed E-state index contributed by atoms with van der Waals surface area (Å²) < 4.78 is 35.6. The molecule has 0 atom stereocenters. The molecule has 0 aromatic heterocycles. The maximum absolute atomic E-state index is 11.9. The van der Waals surface area contributed by atoms with Gasteiger partial charge in [-0.3, -0.25) is 4.79 Å². The lowest BCUT2D eigenvalue weighted by Gasteiger charge is -2.05. The van der Waals surface area contributed by atoms with Crippen LogP contribution in [-0.4, -0.2) is 17.7 Å². The number of Topliss-reactive ketones (excluding diaryl/α,β-unsaturated/α-hetero) is 1. The number of hydrogen-bond acceptors (Lipinski definition) is 2. The van der Waals surface area contributed by atoms with E-state index in [2.05, 4.69) is 0 Å². The predicted molar refractivity (Wildman–Crippen MR) is 66.8 cm³/mol. The summed E-state index contributed by atoms with van der Waals surface area (Å²) in [6.07, 6.45) is -5.16. The molecule has 0 N–H and O–H groups in total. The summed E-state index contributed by atoms with van der Waals surface area (Å²) in [6, 6.07) is 7.69. The molecule has 0 unspecified atom stereocenters. The van der Waals surface area contributed by atoms with Crippen molar-refractivity contribution in [3.05, 3.63) is 29.8 Å². The van der Waals surface area contributed by atoms with E-state index in [-0.39, 0.29) is 24.4 Å². The van der Waals surface area contributed by atoms with Crippen LogP contribution in [0.4, 0.5) is 13.2 Å². The lowest BCUT2D eigenvalue weighted by Crippen LogP contribution is -2.09. The minimum atomic E-state index is -4.16. The number of carbonyl (C=O) groups excluding carboxylic acids is 1. The van der Waals surface area contributed by atoms with Gasteiger partial charge in [0.05, 0.1) is 5.75 Å². The monoisotopic (exact) mass is 276 g/mol. The first kappa shape index (κ1) is 15.1. The van der Waals surface area contributed by atoms with Crippen molar-refractivity contribution < 1.29 is 18.0 Å². The van der Waals surface area contributed by atoms with Crippen LogP contribution < -0.4 is 0 Å². The molecule has 0 amide bonds. The molecular formula is C13H15F3OS. The Labute approximate surface area is 109 Å². The van der Waals surface area contributed by atoms with Gasteiger partial charge in [-0.25, -0.2) is 0 Å². The Morgan fingerprint density at radius 2 is 1.83 bits per heavy atom. The van der Waals surface area contributed by atoms with Crippen LogP contribution in [-0.2, 0) is 4.79 Å². The van der Waals surface area contributed by atoms with Crippen molar-refractivity contribution in [3.8, 4) is 0 Å². The number of aryl methyl sites for hydroxylation is 1. The van der Waals surface area contributed by atoms with E-state index in [1.165, 1.54) is 11.8 Å². The van der Waals surface area contributed by atoms with Crippen LogP contribution in [0.5, 0.6) is 0 Å². The molecule has 0 saturated heterocycles. The highest BCUT2D eigenvalue weighted by Crippen LogP contribution is 2.23. The van der Waals surface area contributed by atoms with Crippen molar-refractivity contribution in [2.75, 3.05) is 5.75 Å². The topological polar surface area (TPSA) is 17.1 Å². The highest BCUT2D eigenvalue weighted by molar-refractivity contribution is 8.00. The van der Waals surface area contributed by atoms with Crippen LogP contribution in [0.2, 0.25) is 0 Å². The van der Waals surface area contributed by atoms with Crippen molar-refractivity contribution in [3.63, 3.8) is 0 Å². The summed E-state index contributed by atoms with van der Waals surface area (Å²) in [5.41, 5.74) is 1.14. The van der Waals surface area contributed by atoms with Crippen LogP contribution in [0.1, 0.15) is 24.8 Å². The molecule has 1 aromatic carbocycles. The van der Waals surface area contributed by atoms with Crippen LogP contribution >= 0.6 is 11.8 Å². The summed E-state index contributed by atoms with van der Waals surface area (Å²) in [6.45, 7) is 1.97. The molecule has 1 rings (SSSR count). The lowest BCUT2D eigenvalue weighted by molar-refractivity contribution is -0.136. The fourth-order valence-corrected chi connectivity index (χ4v) is 2.16. The van der Waals surface area contributed by atoms with Crippen molar-refractivity contribution in [1.82, 2.24) is 0 Å². The molecule has 0 aliphatic carbocycles. The van der Waals surface area contributed by atoms with Crippen LogP contribution in [0, 0.1) is 6.92 Å². The number of ketones is 1. The first-order chi connectivity index (χ1) is 8.37. The fraction of sp³-hybridized carbons (Fsp3) is 0.462. The van der Waals surface area contributed by atoms with Gasteiger partial charge in [-0.05, 0) is 25.5 Å². The zero-order valence-corrected chi connectivity index (χ0v) is 10.9. The van der Waals surface area contributed by atoms with Gasteiger partial charge in [0.2, 0.25) is 0 Å². The number of alkyl halides is 3. The second-order valence-electron chi connectivity index (χ2n) is 4.11. The standard InChI is InChI=1S/C13H15F3OS/c1-10-4-6-12(7-5-10)18-9-11(17)3-2-8-13(14,15)16/h4-7H,2-3,8-9H2,1H3. The number of benzene rings is 1. The van der Waals surface area contributed by atoms with Gasteiger partial charge in [-0.1, -0.05) is 17.7 Å². The molecule has 1 nitrogen and oxygen atoms in total. The molecule has 0 fully saturated rings. The molecule has 0 aliphatic rings. The van der Waals surface area contributed by atoms with Crippen molar-refractivity contribution in [1.29, 1.82) is 0 Å². The Morgan fingerprint density at radius 1 is 1.22 bits per heavy atom. The largest absolute Gasteiger partial charge is 0.389 e. The van der Waals surface area contributed by atoms with E-state index >= 15 is 0 Å². The Morgan fingerprint density at radius 3 is 2.39 bits per heavy atom. The van der Waals surface area contributed by atoms with Gasteiger partial charge >= 0.3 is 6.18 Å². The van der Waals surface area contributed by atoms with Gasteiger partial charge in [-0.2, -0.15) is 13.2 Å². The van der Waals surface area contributed by atoms with E-state index in [1.54, 1.807) is 0 Å². The molecule has 5 heteroatoms. The predicted octanol–water partition coefficient (Wildman–Crippen LogP) is 4.39. The molecule has 0 radical (unpaired) electrons. The molecule has 100 valence electrons. The van der Waals surface area contributed by atoms with Gasteiger partial charge in [0, 0.05) is 17.7 Å². The van der Waals surface area contributed by atoms with E-state index in [0.29, 0.717) is 0 Å². The Hall–Kier alpha value is -0.970. The number of hydrogen-bond donors (Lipinski definition) is 0. The van der Waals surface area contributed by atoms with E-state index in [1.807, 2.05) is 31.2 Å². The Bertz CT molecular complexity index is 384. The second kappa shape index (κ2) is 6.83. The zero-order valence-electron chi connectivity index (χ0n) is 10.1. The maximum atomic E-state index is 11.9. The van der Waals surface area contributed by atoms with E-state index in [9.17, 15) is 18.0 Å². The highest BCUT2D eigenvalue weighted by atomic mass is 32.2. The number of rotatable bonds is 6. The number of halogens is 3. The molecule has 0 spiro atoms. The average molecular weight is 276 g/mol. The quantitative estimate of drug-likeness (QED) is 0.717. The Kier molecular flexibility index (Phi) is 5.72. The SMILES string of the molecule is Cc1ccc(SCC(=O)CCCC(F)(F)F)cc1. The number of thioether (sulfide) groups is 1. The van der Waals surface area contributed by atoms with Gasteiger partial charge < -0.3 is 0 Å². The molecule has 0 saturated carbocycles. The minimum Gasteiger partial charge on any atom is -0.299 e. The van der Waals surface area contributed by atoms with Gasteiger partial charge in [0.1, 0.15) is 5.78 Å². The second-order valence-corrected chi connectivity index (χ2v) is 5.16. The third-order valence-corrected chi connectivity index (χ3v) is 3.41. The molecule has 0 aliphatic heterocycles. The van der Waals surface area contributed by atoms with Crippen LogP contribution in [0.25, 0.3) is 0 Å². The van der Waals surface area contributed by atoms with Gasteiger partial charge in [0.25, 0.3) is 0 Å². The average Bonchev–Trinajstić information content (AvgIpc) is 2.26. The van der Waals surface area contributed by atoms with E-state index in [0.717, 1.165) is 10.5 Å². The van der Waals surface area contributed by atoms with E-state index < -0.39 is 12.6 Å². The first-order valence-corrected chi connectivity index (χ1v) is 6.63. The maximum Gasteiger partial charge on any atom is 0.389 e. The molecular weight excluding hydrogens is 261 g/mol. The van der Waals surface area contributed by atoms with Crippen molar-refractivity contribution in [2.24, 2.45) is 0 Å². The Balaban J connectivity index is 2.23. The van der Waals surface area contributed by atoms with Crippen LogP contribution in [0.15, 0.2) is 29.2 Å². The molecule has 0 bridgehead atoms. The summed E-state index contributed by atoms with van der Waals surface area (Å²) in [5.74, 6) is 0.103. The van der Waals surface area contributed by atoms with Crippen molar-refractivity contribution >= 4 is 17.5 Å². The van der Waals surface area contributed by atoms with Crippen molar-refractivity contribution in [2.45, 2.75) is 37.3 Å². The molecule has 18 heavy (non-hydrogen) atoms. The summed E-state index contributed by atoms with van der Waals surface area (Å²) in [4.78, 5) is 12.3. The summed E-state index contributed by atoms with van der Waals surface area (Å²) in [7, 11) is 0. The normalized spacial score (nSPS) is 11.6. The lowest BCUT2D eigenvalue weighted by atomic mass is 10.2. The number of carbonyl (C=O) groups is 1. The highest BCUT2D eigenvalue weighted by Gasteiger charge is 2.26. The minimum absolute atomic E-state index is 0.00162. The van der Waals surface area contributed by atoms with Gasteiger partial charge in [-0.15, -0.1) is 11.8 Å². The van der Waals surface area contributed by atoms with Crippen LogP contribution in [0.3, 0.4) is 0 Å².